The fourth-order valence-corrected chi connectivity index (χ4v) is 2.19. The Bertz CT molecular complexity index is 215. The molecule has 0 rings (SSSR count). The fraction of sp³-hybridized carbons (Fsp3) is 1.00. The summed E-state index contributed by atoms with van der Waals surface area (Å²) in [6, 6.07) is 0. The van der Waals surface area contributed by atoms with Crippen molar-refractivity contribution in [1.29, 1.82) is 0 Å². The standard InChI is InChI=1S/C8H18O3S.Ca.FH.2H/c1-3-5-6-8(4-2)7-12(9,10)11;;;;/h8H,3-7H2,1-2H3,(H,9,10,11);;1H;;/q;+2;;2*-1. The third-order valence-corrected chi connectivity index (χ3v) is 2.88. The maximum absolute atomic E-state index is 10.5. The third-order valence-electron chi connectivity index (χ3n) is 1.99. The third kappa shape index (κ3) is 13.1. The molecule has 0 heterocycles. The van der Waals surface area contributed by atoms with Gasteiger partial charge in [-0.2, -0.15) is 8.42 Å². The summed E-state index contributed by atoms with van der Waals surface area (Å²) in [5.41, 5.74) is 0. The molecule has 0 saturated heterocycles. The molecular formula is C8H21CaFO3S. The molecule has 0 aromatic heterocycles. The largest absolute Gasteiger partial charge is 2.00 e. The minimum absolute atomic E-state index is 0. The van der Waals surface area contributed by atoms with E-state index in [0.717, 1.165) is 25.7 Å². The van der Waals surface area contributed by atoms with E-state index in [1.165, 1.54) is 0 Å². The molecule has 0 aromatic rings. The molecule has 1 N–H and O–H groups in total. The zero-order valence-corrected chi connectivity index (χ0v) is 11.9. The molecule has 0 fully saturated rings. The zero-order chi connectivity index (χ0) is 9.61. The Balaban J connectivity index is -0.000000101. The van der Waals surface area contributed by atoms with E-state index in [1.807, 2.05) is 6.92 Å². The molecule has 1 atom stereocenters. The smallest absolute Gasteiger partial charge is 1.00 e. The molecule has 0 bridgehead atoms. The van der Waals surface area contributed by atoms with Crippen LogP contribution in [0.1, 0.15) is 42.4 Å². The van der Waals surface area contributed by atoms with E-state index in [4.69, 9.17) is 4.55 Å². The predicted octanol–water partition coefficient (Wildman–Crippen LogP) is 2.09. The van der Waals surface area contributed by atoms with Gasteiger partial charge in [0, 0.05) is 0 Å². The van der Waals surface area contributed by atoms with Crippen LogP contribution in [0.15, 0.2) is 0 Å². The van der Waals surface area contributed by atoms with Gasteiger partial charge in [0.05, 0.1) is 5.75 Å². The molecule has 0 aliphatic carbocycles. The molecule has 0 amide bonds. The van der Waals surface area contributed by atoms with Gasteiger partial charge in [0.25, 0.3) is 10.1 Å². The van der Waals surface area contributed by atoms with Gasteiger partial charge in [0.1, 0.15) is 0 Å². The first-order valence-electron chi connectivity index (χ1n) is 4.44. The normalized spacial score (nSPS) is 12.5. The first kappa shape index (κ1) is 20.5. The van der Waals surface area contributed by atoms with Crippen LogP contribution in [0.2, 0.25) is 0 Å². The second-order valence-electron chi connectivity index (χ2n) is 3.17. The SMILES string of the molecule is CCCCC(CC)CS(=O)(=O)O.F.[Ca+2].[H-].[H-]. The van der Waals surface area contributed by atoms with Crippen molar-refractivity contribution in [2.75, 3.05) is 5.75 Å². The van der Waals surface area contributed by atoms with Gasteiger partial charge in [0.2, 0.25) is 0 Å². The number of hydrogen-bond donors (Lipinski definition) is 1. The van der Waals surface area contributed by atoms with Crippen LogP contribution in [0, 0.1) is 5.92 Å². The average molecular weight is 256 g/mol. The second kappa shape index (κ2) is 10.6. The predicted molar refractivity (Wildman–Crippen MR) is 60.2 cm³/mol. The van der Waals surface area contributed by atoms with Crippen LogP contribution in [-0.4, -0.2) is 56.5 Å². The van der Waals surface area contributed by atoms with Crippen LogP contribution in [-0.2, 0) is 10.1 Å². The van der Waals surface area contributed by atoms with E-state index in [2.05, 4.69) is 6.92 Å². The molecule has 14 heavy (non-hydrogen) atoms. The Kier molecular flexibility index (Phi) is 15.5. The fourth-order valence-electron chi connectivity index (χ4n) is 1.20. The summed E-state index contributed by atoms with van der Waals surface area (Å²) in [7, 11) is -3.77. The Morgan fingerprint density at radius 1 is 1.36 bits per heavy atom. The first-order chi connectivity index (χ1) is 5.49. The molecule has 0 radical (unpaired) electrons. The van der Waals surface area contributed by atoms with E-state index in [0.29, 0.717) is 0 Å². The quantitative estimate of drug-likeness (QED) is 0.585. The monoisotopic (exact) mass is 256 g/mol. The Morgan fingerprint density at radius 3 is 2.14 bits per heavy atom. The van der Waals surface area contributed by atoms with E-state index >= 15 is 0 Å². The van der Waals surface area contributed by atoms with Gasteiger partial charge in [0.15, 0.2) is 0 Å². The van der Waals surface area contributed by atoms with Crippen LogP contribution in [0.4, 0.5) is 4.70 Å². The van der Waals surface area contributed by atoms with Crippen LogP contribution in [0.5, 0.6) is 0 Å². The Hall–Kier alpha value is 1.10. The summed E-state index contributed by atoms with van der Waals surface area (Å²) < 4.78 is 29.6. The van der Waals surface area contributed by atoms with Gasteiger partial charge >= 0.3 is 37.7 Å². The van der Waals surface area contributed by atoms with Crippen LogP contribution < -0.4 is 0 Å². The van der Waals surface area contributed by atoms with Crippen molar-refractivity contribution in [3.05, 3.63) is 0 Å². The number of rotatable bonds is 6. The number of halogens is 1. The van der Waals surface area contributed by atoms with Crippen molar-refractivity contribution in [3.8, 4) is 0 Å². The Labute approximate surface area is 119 Å². The van der Waals surface area contributed by atoms with E-state index < -0.39 is 10.1 Å². The topological polar surface area (TPSA) is 54.4 Å². The van der Waals surface area contributed by atoms with Crippen molar-refractivity contribution in [2.45, 2.75) is 39.5 Å². The molecule has 1 unspecified atom stereocenters. The van der Waals surface area contributed by atoms with E-state index in [-0.39, 0.29) is 57.0 Å². The maximum atomic E-state index is 10.5. The molecule has 0 aliphatic heterocycles. The van der Waals surface area contributed by atoms with Crippen LogP contribution in [0.3, 0.4) is 0 Å². The second-order valence-corrected chi connectivity index (χ2v) is 4.66. The van der Waals surface area contributed by atoms with Gasteiger partial charge in [-0.05, 0) is 12.3 Å². The van der Waals surface area contributed by atoms with Gasteiger partial charge < -0.3 is 2.85 Å². The summed E-state index contributed by atoms with van der Waals surface area (Å²) >= 11 is 0. The summed E-state index contributed by atoms with van der Waals surface area (Å²) in [6.07, 6.45) is 3.82. The molecular weight excluding hydrogens is 235 g/mol. The van der Waals surface area contributed by atoms with Crippen molar-refractivity contribution in [2.24, 2.45) is 5.92 Å². The molecule has 0 aromatic carbocycles. The molecule has 0 aliphatic rings. The van der Waals surface area contributed by atoms with Gasteiger partial charge in [-0.15, -0.1) is 0 Å². The summed E-state index contributed by atoms with van der Waals surface area (Å²) in [5.74, 6) is 0.0451. The molecule has 3 nitrogen and oxygen atoms in total. The number of unbranched alkanes of at least 4 members (excludes halogenated alkanes) is 1. The Morgan fingerprint density at radius 2 is 1.86 bits per heavy atom. The van der Waals surface area contributed by atoms with E-state index in [1.54, 1.807) is 0 Å². The molecule has 0 spiro atoms. The van der Waals surface area contributed by atoms with Crippen molar-refractivity contribution < 1.29 is 20.5 Å². The summed E-state index contributed by atoms with van der Waals surface area (Å²) in [5, 5.41) is 0. The first-order valence-corrected chi connectivity index (χ1v) is 6.05. The van der Waals surface area contributed by atoms with Crippen molar-refractivity contribution >= 4 is 47.9 Å². The minimum Gasteiger partial charge on any atom is -1.00 e. The maximum Gasteiger partial charge on any atom is 2.00 e. The molecule has 0 saturated carbocycles. The minimum atomic E-state index is -3.77. The van der Waals surface area contributed by atoms with Gasteiger partial charge in [-0.1, -0.05) is 33.1 Å². The number of hydrogen-bond acceptors (Lipinski definition) is 2. The van der Waals surface area contributed by atoms with Gasteiger partial charge in [-0.25, -0.2) is 0 Å². The van der Waals surface area contributed by atoms with Crippen molar-refractivity contribution in [3.63, 3.8) is 0 Å². The summed E-state index contributed by atoms with van der Waals surface area (Å²) in [4.78, 5) is 0. The van der Waals surface area contributed by atoms with Crippen molar-refractivity contribution in [1.82, 2.24) is 0 Å². The van der Waals surface area contributed by atoms with Crippen LogP contribution in [0.25, 0.3) is 0 Å². The van der Waals surface area contributed by atoms with Gasteiger partial charge in [-0.3, -0.25) is 9.26 Å². The average Bonchev–Trinajstić information content (AvgIpc) is 1.95. The molecule has 86 valence electrons. The van der Waals surface area contributed by atoms with E-state index in [9.17, 15) is 8.42 Å². The summed E-state index contributed by atoms with van der Waals surface area (Å²) in [6.45, 7) is 4.02. The molecule has 6 heteroatoms. The van der Waals surface area contributed by atoms with Crippen LogP contribution >= 0.6 is 0 Å². The zero-order valence-electron chi connectivity index (χ0n) is 10.9.